The van der Waals surface area contributed by atoms with Crippen LogP contribution in [-0.2, 0) is 0 Å². The van der Waals surface area contributed by atoms with Gasteiger partial charge in [-0.05, 0) is 58.0 Å². The van der Waals surface area contributed by atoms with E-state index in [1.807, 2.05) is 0 Å². The highest BCUT2D eigenvalue weighted by Gasteiger charge is 2.11. The van der Waals surface area contributed by atoms with Crippen LogP contribution >= 0.6 is 0 Å². The van der Waals surface area contributed by atoms with Crippen molar-refractivity contribution in [2.75, 3.05) is 13.1 Å². The standard InChI is InChI=1S/C18H38N2/c1-16(2)15-17(3)19-13-9-4-5-10-14-20-18-11-7-6-8-12-18/h16-20H,4-15H2,1-3H3. The summed E-state index contributed by atoms with van der Waals surface area (Å²) in [5.74, 6) is 0.809. The maximum atomic E-state index is 3.74. The highest BCUT2D eigenvalue weighted by molar-refractivity contribution is 4.71. The van der Waals surface area contributed by atoms with E-state index in [2.05, 4.69) is 31.4 Å². The molecule has 0 bridgehead atoms. The van der Waals surface area contributed by atoms with Crippen molar-refractivity contribution in [3.8, 4) is 0 Å². The summed E-state index contributed by atoms with van der Waals surface area (Å²) in [6.07, 6.45) is 13.9. The molecule has 20 heavy (non-hydrogen) atoms. The first kappa shape index (κ1) is 18.0. The second-order valence-corrected chi connectivity index (χ2v) is 7.19. The van der Waals surface area contributed by atoms with Gasteiger partial charge >= 0.3 is 0 Å². The van der Waals surface area contributed by atoms with Crippen molar-refractivity contribution in [1.29, 1.82) is 0 Å². The smallest absolute Gasteiger partial charge is 0.00670 e. The second kappa shape index (κ2) is 11.6. The molecule has 2 nitrogen and oxygen atoms in total. The van der Waals surface area contributed by atoms with Crippen LogP contribution in [0.1, 0.15) is 85.0 Å². The lowest BCUT2D eigenvalue weighted by Gasteiger charge is -2.22. The Kier molecular flexibility index (Phi) is 10.4. The van der Waals surface area contributed by atoms with Gasteiger partial charge in [-0.15, -0.1) is 0 Å². The van der Waals surface area contributed by atoms with Gasteiger partial charge in [0.2, 0.25) is 0 Å². The van der Waals surface area contributed by atoms with Crippen molar-refractivity contribution in [2.24, 2.45) is 5.92 Å². The van der Waals surface area contributed by atoms with Crippen LogP contribution in [0.2, 0.25) is 0 Å². The summed E-state index contributed by atoms with van der Waals surface area (Å²) >= 11 is 0. The zero-order chi connectivity index (χ0) is 14.6. The third kappa shape index (κ3) is 9.77. The lowest BCUT2D eigenvalue weighted by molar-refractivity contribution is 0.369. The largest absolute Gasteiger partial charge is 0.314 e. The van der Waals surface area contributed by atoms with Crippen LogP contribution in [-0.4, -0.2) is 25.2 Å². The minimum absolute atomic E-state index is 0.683. The van der Waals surface area contributed by atoms with E-state index in [1.54, 1.807) is 0 Å². The first-order chi connectivity index (χ1) is 9.68. The molecule has 0 spiro atoms. The molecule has 1 saturated carbocycles. The van der Waals surface area contributed by atoms with Gasteiger partial charge in [0.25, 0.3) is 0 Å². The van der Waals surface area contributed by atoms with Crippen LogP contribution in [0.5, 0.6) is 0 Å². The molecular formula is C18H38N2. The van der Waals surface area contributed by atoms with Crippen molar-refractivity contribution in [3.63, 3.8) is 0 Å². The minimum Gasteiger partial charge on any atom is -0.314 e. The number of nitrogens with one attached hydrogen (secondary N) is 2. The van der Waals surface area contributed by atoms with Gasteiger partial charge in [0.1, 0.15) is 0 Å². The molecule has 1 fully saturated rings. The molecule has 1 rings (SSSR count). The van der Waals surface area contributed by atoms with Crippen LogP contribution in [0.25, 0.3) is 0 Å². The van der Waals surface area contributed by atoms with Crippen LogP contribution in [0.3, 0.4) is 0 Å². The Morgan fingerprint density at radius 3 is 2.15 bits per heavy atom. The first-order valence-corrected chi connectivity index (χ1v) is 9.15. The summed E-state index contributed by atoms with van der Waals surface area (Å²) in [5, 5.41) is 7.38. The van der Waals surface area contributed by atoms with Crippen molar-refractivity contribution >= 4 is 0 Å². The Hall–Kier alpha value is -0.0800. The molecule has 0 aromatic rings. The normalized spacial score (nSPS) is 18.6. The van der Waals surface area contributed by atoms with Gasteiger partial charge in [-0.2, -0.15) is 0 Å². The fraction of sp³-hybridized carbons (Fsp3) is 1.00. The van der Waals surface area contributed by atoms with Crippen LogP contribution in [0.4, 0.5) is 0 Å². The van der Waals surface area contributed by atoms with Crippen LogP contribution in [0.15, 0.2) is 0 Å². The van der Waals surface area contributed by atoms with E-state index in [0.29, 0.717) is 6.04 Å². The maximum Gasteiger partial charge on any atom is 0.00670 e. The van der Waals surface area contributed by atoms with Gasteiger partial charge in [-0.3, -0.25) is 0 Å². The third-order valence-corrected chi connectivity index (χ3v) is 4.46. The topological polar surface area (TPSA) is 24.1 Å². The van der Waals surface area contributed by atoms with Gasteiger partial charge in [-0.1, -0.05) is 46.0 Å². The predicted molar refractivity (Wildman–Crippen MR) is 90.3 cm³/mol. The first-order valence-electron chi connectivity index (χ1n) is 9.15. The summed E-state index contributed by atoms with van der Waals surface area (Å²) < 4.78 is 0. The zero-order valence-corrected chi connectivity index (χ0v) is 14.2. The molecule has 0 saturated heterocycles. The molecule has 0 aromatic heterocycles. The second-order valence-electron chi connectivity index (χ2n) is 7.19. The zero-order valence-electron chi connectivity index (χ0n) is 14.2. The summed E-state index contributed by atoms with van der Waals surface area (Å²) in [6, 6.07) is 1.52. The fourth-order valence-electron chi connectivity index (χ4n) is 3.36. The molecule has 0 radical (unpaired) electrons. The third-order valence-electron chi connectivity index (χ3n) is 4.46. The van der Waals surface area contributed by atoms with Gasteiger partial charge < -0.3 is 10.6 Å². The van der Waals surface area contributed by atoms with E-state index in [0.717, 1.165) is 12.0 Å². The molecule has 0 aromatic carbocycles. The fourth-order valence-corrected chi connectivity index (χ4v) is 3.36. The van der Waals surface area contributed by atoms with Crippen molar-refractivity contribution in [3.05, 3.63) is 0 Å². The van der Waals surface area contributed by atoms with Crippen LogP contribution < -0.4 is 10.6 Å². The Balaban J connectivity index is 1.80. The van der Waals surface area contributed by atoms with Gasteiger partial charge in [0.15, 0.2) is 0 Å². The van der Waals surface area contributed by atoms with Gasteiger partial charge in [0.05, 0.1) is 0 Å². The van der Waals surface area contributed by atoms with E-state index < -0.39 is 0 Å². The van der Waals surface area contributed by atoms with E-state index >= 15 is 0 Å². The molecule has 1 aliphatic carbocycles. The average Bonchev–Trinajstić information content (AvgIpc) is 2.42. The molecular weight excluding hydrogens is 244 g/mol. The highest BCUT2D eigenvalue weighted by Crippen LogP contribution is 2.17. The lowest BCUT2D eigenvalue weighted by atomic mass is 9.95. The summed E-state index contributed by atoms with van der Waals surface area (Å²) in [6.45, 7) is 9.36. The molecule has 120 valence electrons. The number of hydrogen-bond donors (Lipinski definition) is 2. The van der Waals surface area contributed by atoms with E-state index in [9.17, 15) is 0 Å². The van der Waals surface area contributed by atoms with Crippen molar-refractivity contribution < 1.29 is 0 Å². The molecule has 0 amide bonds. The number of rotatable bonds is 11. The molecule has 1 atom stereocenters. The minimum atomic E-state index is 0.683. The summed E-state index contributed by atoms with van der Waals surface area (Å²) in [7, 11) is 0. The maximum absolute atomic E-state index is 3.74. The molecule has 2 heteroatoms. The van der Waals surface area contributed by atoms with E-state index in [1.165, 1.54) is 77.3 Å². The molecule has 0 heterocycles. The SMILES string of the molecule is CC(C)CC(C)NCCCCCCNC1CCCCC1. The van der Waals surface area contributed by atoms with E-state index in [-0.39, 0.29) is 0 Å². The predicted octanol–water partition coefficient (Wildman–Crippen LogP) is 4.49. The quantitative estimate of drug-likeness (QED) is 0.545. The Labute approximate surface area is 127 Å². The van der Waals surface area contributed by atoms with Crippen LogP contribution in [0, 0.1) is 5.92 Å². The lowest BCUT2D eigenvalue weighted by Crippen LogP contribution is -2.31. The Bertz CT molecular complexity index is 209. The van der Waals surface area contributed by atoms with Gasteiger partial charge in [-0.25, -0.2) is 0 Å². The molecule has 1 aliphatic rings. The number of hydrogen-bond acceptors (Lipinski definition) is 2. The average molecular weight is 283 g/mol. The van der Waals surface area contributed by atoms with Crippen molar-refractivity contribution in [1.82, 2.24) is 10.6 Å². The Morgan fingerprint density at radius 2 is 1.50 bits per heavy atom. The molecule has 0 aliphatic heterocycles. The monoisotopic (exact) mass is 282 g/mol. The summed E-state index contributed by atoms with van der Waals surface area (Å²) in [5.41, 5.74) is 0. The molecule has 1 unspecified atom stereocenters. The van der Waals surface area contributed by atoms with E-state index in [4.69, 9.17) is 0 Å². The number of unbranched alkanes of at least 4 members (excludes halogenated alkanes) is 3. The highest BCUT2D eigenvalue weighted by atomic mass is 14.9. The molecule has 2 N–H and O–H groups in total. The Morgan fingerprint density at radius 1 is 0.850 bits per heavy atom. The van der Waals surface area contributed by atoms with Gasteiger partial charge in [0, 0.05) is 12.1 Å². The van der Waals surface area contributed by atoms with Crippen molar-refractivity contribution in [2.45, 2.75) is 97.1 Å². The summed E-state index contributed by atoms with van der Waals surface area (Å²) in [4.78, 5) is 0.